The van der Waals surface area contributed by atoms with Crippen LogP contribution >= 0.6 is 0 Å². The lowest BCUT2D eigenvalue weighted by Gasteiger charge is -2.27. The first-order valence-electron chi connectivity index (χ1n) is 10.8. The summed E-state index contributed by atoms with van der Waals surface area (Å²) in [6, 6.07) is 7.83. The molecule has 3 aromatic rings. The molecular weight excluding hydrogens is 410 g/mol. The zero-order valence-electron chi connectivity index (χ0n) is 19.4. The third-order valence-electron chi connectivity index (χ3n) is 5.10. The molecule has 9 nitrogen and oxygen atoms in total. The molecule has 0 radical (unpaired) electrons. The van der Waals surface area contributed by atoms with Gasteiger partial charge < -0.3 is 30.2 Å². The van der Waals surface area contributed by atoms with E-state index < -0.39 is 17.1 Å². The maximum absolute atomic E-state index is 11.8. The van der Waals surface area contributed by atoms with Crippen LogP contribution in [0.25, 0.3) is 21.9 Å². The number of hydrogen-bond acceptors (Lipinski definition) is 7. The fourth-order valence-corrected chi connectivity index (χ4v) is 3.51. The van der Waals surface area contributed by atoms with Crippen molar-refractivity contribution in [2.24, 2.45) is 0 Å². The lowest BCUT2D eigenvalue weighted by atomic mass is 10.1. The quantitative estimate of drug-likeness (QED) is 0.411. The molecular formula is C23H33N5O4. The van der Waals surface area contributed by atoms with Crippen molar-refractivity contribution in [3.8, 4) is 0 Å². The normalized spacial score (nSPS) is 12.6. The van der Waals surface area contributed by atoms with E-state index >= 15 is 0 Å². The van der Waals surface area contributed by atoms with E-state index in [2.05, 4.69) is 14.9 Å². The van der Waals surface area contributed by atoms with Gasteiger partial charge in [0.1, 0.15) is 23.5 Å². The Kier molecular flexibility index (Phi) is 7.02. The van der Waals surface area contributed by atoms with Crippen molar-refractivity contribution in [3.05, 3.63) is 30.1 Å². The number of anilines is 1. The second kappa shape index (κ2) is 9.40. The Bertz CT molecular complexity index is 1100. The fourth-order valence-electron chi connectivity index (χ4n) is 3.51. The van der Waals surface area contributed by atoms with Crippen LogP contribution in [0.2, 0.25) is 0 Å². The van der Waals surface area contributed by atoms with Crippen molar-refractivity contribution >= 4 is 33.7 Å². The number of nitrogens with two attached hydrogens (primary N) is 1. The van der Waals surface area contributed by atoms with E-state index in [1.54, 1.807) is 0 Å². The largest absolute Gasteiger partial charge is 0.382 e. The van der Waals surface area contributed by atoms with Gasteiger partial charge in [0, 0.05) is 18.5 Å². The first-order chi connectivity index (χ1) is 15.0. The van der Waals surface area contributed by atoms with Crippen LogP contribution in [0, 0.1) is 0 Å². The number of hydrogen-bond donors (Lipinski definition) is 3. The summed E-state index contributed by atoms with van der Waals surface area (Å²) < 4.78 is 13.8. The molecule has 0 saturated heterocycles. The molecule has 3 rings (SSSR count). The van der Waals surface area contributed by atoms with Gasteiger partial charge >= 0.3 is 0 Å². The summed E-state index contributed by atoms with van der Waals surface area (Å²) in [5.74, 6) is 0.690. The molecule has 0 aliphatic rings. The second-order valence-corrected chi connectivity index (χ2v) is 8.89. The summed E-state index contributed by atoms with van der Waals surface area (Å²) in [4.78, 5) is 21.1. The summed E-state index contributed by atoms with van der Waals surface area (Å²) >= 11 is 0. The number of ether oxygens (including phenoxy) is 2. The zero-order chi connectivity index (χ0) is 23.5. The number of carbonyl (C=O) groups is 1. The van der Waals surface area contributed by atoms with Crippen molar-refractivity contribution in [3.63, 3.8) is 0 Å². The predicted molar refractivity (Wildman–Crippen MR) is 124 cm³/mol. The van der Waals surface area contributed by atoms with Crippen LogP contribution in [0.5, 0.6) is 0 Å². The Balaban J connectivity index is 1.88. The average molecular weight is 444 g/mol. The number of benzene rings is 1. The number of imidazole rings is 1. The SMILES string of the molecule is CCOCc1nc2c(N)nc3ccccc3c2n1CC(C)(C)OCCNC(=O)C(C)(C)O. The minimum Gasteiger partial charge on any atom is -0.382 e. The number of aliphatic hydroxyl groups is 1. The first kappa shape index (κ1) is 23.9. The highest BCUT2D eigenvalue weighted by Crippen LogP contribution is 2.30. The molecule has 0 atom stereocenters. The highest BCUT2D eigenvalue weighted by molar-refractivity contribution is 6.06. The molecule has 1 aromatic carbocycles. The van der Waals surface area contributed by atoms with Crippen molar-refractivity contribution in [2.45, 2.75) is 59.0 Å². The van der Waals surface area contributed by atoms with Gasteiger partial charge in [0.25, 0.3) is 5.91 Å². The summed E-state index contributed by atoms with van der Waals surface area (Å²) in [5.41, 5.74) is 6.58. The summed E-state index contributed by atoms with van der Waals surface area (Å²) in [6.07, 6.45) is 0. The lowest BCUT2D eigenvalue weighted by molar-refractivity contribution is -0.137. The van der Waals surface area contributed by atoms with E-state index in [0.717, 1.165) is 22.2 Å². The molecule has 1 amide bonds. The van der Waals surface area contributed by atoms with Crippen LogP contribution in [0.4, 0.5) is 5.82 Å². The summed E-state index contributed by atoms with van der Waals surface area (Å²) in [5, 5.41) is 13.4. The van der Waals surface area contributed by atoms with Crippen LogP contribution in [0.3, 0.4) is 0 Å². The van der Waals surface area contributed by atoms with Crippen molar-refractivity contribution in [1.29, 1.82) is 0 Å². The standard InChI is InChI=1S/C23H33N5O4/c1-6-31-13-17-27-18-19(15-9-7-8-10-16(15)26-20(18)24)28(17)14-22(2,3)32-12-11-25-21(29)23(4,5)30/h7-10,30H,6,11-14H2,1-5H3,(H2,24,26)(H,25,29). The first-order valence-corrected chi connectivity index (χ1v) is 10.8. The van der Waals surface area contributed by atoms with Crippen molar-refractivity contribution in [2.75, 3.05) is 25.5 Å². The number of para-hydroxylation sites is 1. The number of amides is 1. The van der Waals surface area contributed by atoms with Gasteiger partial charge in [-0.3, -0.25) is 4.79 Å². The molecule has 32 heavy (non-hydrogen) atoms. The number of nitrogens with zero attached hydrogens (tertiary/aromatic N) is 3. The van der Waals surface area contributed by atoms with Gasteiger partial charge in [-0.15, -0.1) is 0 Å². The van der Waals surface area contributed by atoms with Crippen LogP contribution in [-0.4, -0.2) is 56.5 Å². The van der Waals surface area contributed by atoms with E-state index in [9.17, 15) is 9.90 Å². The predicted octanol–water partition coefficient (Wildman–Crippen LogP) is 2.39. The van der Waals surface area contributed by atoms with E-state index in [4.69, 9.17) is 20.2 Å². The number of rotatable bonds is 10. The highest BCUT2D eigenvalue weighted by Gasteiger charge is 2.26. The molecule has 0 bridgehead atoms. The third kappa shape index (κ3) is 5.35. The molecule has 0 aliphatic carbocycles. The van der Waals surface area contributed by atoms with Gasteiger partial charge in [0.05, 0.1) is 29.8 Å². The summed E-state index contributed by atoms with van der Waals surface area (Å²) in [7, 11) is 0. The Morgan fingerprint density at radius 3 is 2.62 bits per heavy atom. The van der Waals surface area contributed by atoms with Gasteiger partial charge in [0.15, 0.2) is 5.82 Å². The number of pyridine rings is 1. The Morgan fingerprint density at radius 1 is 1.22 bits per heavy atom. The molecule has 174 valence electrons. The Morgan fingerprint density at radius 2 is 1.94 bits per heavy atom. The fraction of sp³-hybridized carbons (Fsp3) is 0.522. The average Bonchev–Trinajstić information content (AvgIpc) is 3.07. The zero-order valence-corrected chi connectivity index (χ0v) is 19.4. The smallest absolute Gasteiger partial charge is 0.251 e. The van der Waals surface area contributed by atoms with Crippen molar-refractivity contribution < 1.29 is 19.4 Å². The molecule has 0 saturated carbocycles. The number of fused-ring (bicyclic) bond motifs is 3. The maximum Gasteiger partial charge on any atom is 0.251 e. The van der Waals surface area contributed by atoms with E-state index in [1.807, 2.05) is 45.0 Å². The van der Waals surface area contributed by atoms with E-state index in [-0.39, 0.29) is 0 Å². The second-order valence-electron chi connectivity index (χ2n) is 8.89. The molecule has 0 unspecified atom stereocenters. The van der Waals surface area contributed by atoms with Crippen LogP contribution in [0.1, 0.15) is 40.4 Å². The minimum absolute atomic E-state index is 0.294. The minimum atomic E-state index is -1.42. The molecule has 0 fully saturated rings. The number of carbonyl (C=O) groups excluding carboxylic acids is 1. The molecule has 2 heterocycles. The topological polar surface area (TPSA) is 125 Å². The number of nitrogens with one attached hydrogen (secondary N) is 1. The van der Waals surface area contributed by atoms with E-state index in [1.165, 1.54) is 13.8 Å². The highest BCUT2D eigenvalue weighted by atomic mass is 16.5. The van der Waals surface area contributed by atoms with Crippen LogP contribution in [0.15, 0.2) is 24.3 Å². The van der Waals surface area contributed by atoms with Gasteiger partial charge in [-0.1, -0.05) is 18.2 Å². The molecule has 0 aliphatic heterocycles. The van der Waals surface area contributed by atoms with Crippen LogP contribution in [-0.2, 0) is 27.4 Å². The van der Waals surface area contributed by atoms with Crippen LogP contribution < -0.4 is 11.1 Å². The van der Waals surface area contributed by atoms with E-state index in [0.29, 0.717) is 44.2 Å². The number of aromatic nitrogens is 3. The monoisotopic (exact) mass is 443 g/mol. The number of nitrogen functional groups attached to an aromatic ring is 1. The van der Waals surface area contributed by atoms with Gasteiger partial charge in [-0.05, 0) is 40.7 Å². The molecule has 4 N–H and O–H groups in total. The van der Waals surface area contributed by atoms with Crippen molar-refractivity contribution in [1.82, 2.24) is 19.9 Å². The lowest BCUT2D eigenvalue weighted by Crippen LogP contribution is -2.44. The molecule has 9 heteroatoms. The molecule has 0 spiro atoms. The van der Waals surface area contributed by atoms with Gasteiger partial charge in [-0.25, -0.2) is 9.97 Å². The maximum atomic E-state index is 11.8. The summed E-state index contributed by atoms with van der Waals surface area (Å²) in [6.45, 7) is 10.8. The van der Waals surface area contributed by atoms with Gasteiger partial charge in [-0.2, -0.15) is 0 Å². The third-order valence-corrected chi connectivity index (χ3v) is 5.10. The van der Waals surface area contributed by atoms with Gasteiger partial charge in [0.2, 0.25) is 0 Å². The Hall–Kier alpha value is -2.75. The molecule has 2 aromatic heterocycles. The Labute approximate surface area is 187 Å².